The lowest BCUT2D eigenvalue weighted by atomic mass is 10.2. The number of nitrogens with zero attached hydrogens (tertiary/aromatic N) is 3. The number of pyridine rings is 1. The molecule has 2 aromatic heterocycles. The standard InChI is InChI=1S/C22H24N4O2/c27-22(21-15-19(8-9-23-21)24-16-20-7-4-14-28-20)26-12-10-25(11-13-26)17-18-5-2-1-3-6-18/h1-9,14-15H,10-13,16-17H2,(H,23,24). The highest BCUT2D eigenvalue weighted by atomic mass is 16.3. The van der Waals surface area contributed by atoms with Gasteiger partial charge in [-0.05, 0) is 29.8 Å². The number of hydrogen-bond acceptors (Lipinski definition) is 5. The molecule has 0 spiro atoms. The van der Waals surface area contributed by atoms with Crippen LogP contribution in [0.25, 0.3) is 0 Å². The molecule has 0 bridgehead atoms. The van der Waals surface area contributed by atoms with Gasteiger partial charge in [-0.25, -0.2) is 0 Å². The highest BCUT2D eigenvalue weighted by molar-refractivity contribution is 5.93. The molecule has 28 heavy (non-hydrogen) atoms. The molecule has 1 aliphatic rings. The molecule has 1 N–H and O–H groups in total. The van der Waals surface area contributed by atoms with Crippen LogP contribution in [0.4, 0.5) is 5.69 Å². The number of carbonyl (C=O) groups is 1. The first kappa shape index (κ1) is 18.3. The number of furan rings is 1. The summed E-state index contributed by atoms with van der Waals surface area (Å²) in [5.41, 5.74) is 2.64. The third kappa shape index (κ3) is 4.58. The van der Waals surface area contributed by atoms with E-state index in [2.05, 4.69) is 39.5 Å². The van der Waals surface area contributed by atoms with Gasteiger partial charge in [0, 0.05) is 44.6 Å². The summed E-state index contributed by atoms with van der Waals surface area (Å²) in [4.78, 5) is 21.4. The lowest BCUT2D eigenvalue weighted by Crippen LogP contribution is -2.48. The molecule has 144 valence electrons. The molecule has 6 heteroatoms. The summed E-state index contributed by atoms with van der Waals surface area (Å²) in [5.74, 6) is 0.834. The number of hydrogen-bond donors (Lipinski definition) is 1. The van der Waals surface area contributed by atoms with Crippen LogP contribution in [0.2, 0.25) is 0 Å². The van der Waals surface area contributed by atoms with E-state index in [1.165, 1.54) is 5.56 Å². The summed E-state index contributed by atoms with van der Waals surface area (Å²) in [6.45, 7) is 4.68. The van der Waals surface area contributed by atoms with Crippen LogP contribution in [-0.4, -0.2) is 46.9 Å². The zero-order valence-corrected chi connectivity index (χ0v) is 15.8. The molecule has 4 rings (SSSR count). The van der Waals surface area contributed by atoms with Crippen LogP contribution in [0.15, 0.2) is 71.5 Å². The van der Waals surface area contributed by atoms with E-state index in [1.54, 1.807) is 12.5 Å². The second-order valence-corrected chi connectivity index (χ2v) is 6.92. The molecule has 0 radical (unpaired) electrons. The fourth-order valence-corrected chi connectivity index (χ4v) is 3.37. The Kier molecular flexibility index (Phi) is 5.68. The molecular formula is C22H24N4O2. The average Bonchev–Trinajstić information content (AvgIpc) is 3.27. The fourth-order valence-electron chi connectivity index (χ4n) is 3.37. The molecule has 1 aromatic carbocycles. The summed E-state index contributed by atoms with van der Waals surface area (Å²) in [5, 5.41) is 3.27. The molecule has 0 saturated carbocycles. The van der Waals surface area contributed by atoms with Crippen molar-refractivity contribution in [3.8, 4) is 0 Å². The topological polar surface area (TPSA) is 61.6 Å². The number of carbonyl (C=O) groups excluding carboxylic acids is 1. The first-order valence-corrected chi connectivity index (χ1v) is 9.56. The van der Waals surface area contributed by atoms with Crippen LogP contribution in [0.1, 0.15) is 21.8 Å². The Labute approximate surface area is 164 Å². The predicted molar refractivity (Wildman–Crippen MR) is 108 cm³/mol. The zero-order valence-electron chi connectivity index (χ0n) is 15.8. The molecule has 0 atom stereocenters. The van der Waals surface area contributed by atoms with E-state index in [4.69, 9.17) is 4.42 Å². The Balaban J connectivity index is 1.31. The maximum atomic E-state index is 12.8. The number of benzene rings is 1. The molecular weight excluding hydrogens is 352 g/mol. The molecule has 0 aliphatic carbocycles. The molecule has 0 unspecified atom stereocenters. The Morgan fingerprint density at radius 1 is 1.04 bits per heavy atom. The molecule has 1 aliphatic heterocycles. The van der Waals surface area contributed by atoms with Gasteiger partial charge in [0.15, 0.2) is 0 Å². The van der Waals surface area contributed by atoms with Gasteiger partial charge in [0.1, 0.15) is 11.5 Å². The highest BCUT2D eigenvalue weighted by Crippen LogP contribution is 2.14. The number of anilines is 1. The van der Waals surface area contributed by atoms with Gasteiger partial charge in [0.25, 0.3) is 5.91 Å². The van der Waals surface area contributed by atoms with Crippen molar-refractivity contribution in [1.82, 2.24) is 14.8 Å². The number of rotatable bonds is 6. The van der Waals surface area contributed by atoms with Crippen molar-refractivity contribution in [2.24, 2.45) is 0 Å². The minimum Gasteiger partial charge on any atom is -0.467 e. The van der Waals surface area contributed by atoms with Crippen molar-refractivity contribution in [1.29, 1.82) is 0 Å². The summed E-state index contributed by atoms with van der Waals surface area (Å²) in [7, 11) is 0. The van der Waals surface area contributed by atoms with Crippen molar-refractivity contribution in [3.05, 3.63) is 84.1 Å². The van der Waals surface area contributed by atoms with Crippen LogP contribution < -0.4 is 5.32 Å². The smallest absolute Gasteiger partial charge is 0.272 e. The van der Waals surface area contributed by atoms with E-state index >= 15 is 0 Å². The summed E-state index contributed by atoms with van der Waals surface area (Å²) < 4.78 is 5.32. The van der Waals surface area contributed by atoms with Crippen LogP contribution in [0.3, 0.4) is 0 Å². The third-order valence-corrected chi connectivity index (χ3v) is 4.93. The molecule has 1 saturated heterocycles. The minimum atomic E-state index is -0.0130. The van der Waals surface area contributed by atoms with Crippen molar-refractivity contribution in [2.75, 3.05) is 31.5 Å². The Bertz CT molecular complexity index is 888. The van der Waals surface area contributed by atoms with E-state index in [0.29, 0.717) is 12.2 Å². The van der Waals surface area contributed by atoms with E-state index < -0.39 is 0 Å². The van der Waals surface area contributed by atoms with Crippen LogP contribution in [0, 0.1) is 0 Å². The van der Waals surface area contributed by atoms with Gasteiger partial charge in [-0.2, -0.15) is 0 Å². The number of amides is 1. The largest absolute Gasteiger partial charge is 0.467 e. The molecule has 6 nitrogen and oxygen atoms in total. The van der Waals surface area contributed by atoms with Crippen LogP contribution >= 0.6 is 0 Å². The average molecular weight is 376 g/mol. The zero-order chi connectivity index (χ0) is 19.2. The molecule has 1 amide bonds. The first-order chi connectivity index (χ1) is 13.8. The monoisotopic (exact) mass is 376 g/mol. The quantitative estimate of drug-likeness (QED) is 0.716. The Morgan fingerprint density at radius 2 is 1.86 bits per heavy atom. The lowest BCUT2D eigenvalue weighted by Gasteiger charge is -2.34. The Morgan fingerprint density at radius 3 is 2.61 bits per heavy atom. The summed E-state index contributed by atoms with van der Waals surface area (Å²) in [6, 6.07) is 17.9. The van der Waals surface area contributed by atoms with Gasteiger partial charge in [0.05, 0.1) is 12.8 Å². The third-order valence-electron chi connectivity index (χ3n) is 4.93. The normalized spacial score (nSPS) is 14.8. The SMILES string of the molecule is O=C(c1cc(NCc2ccco2)ccn1)N1CCN(Cc2ccccc2)CC1. The minimum absolute atomic E-state index is 0.0130. The van der Waals surface area contributed by atoms with Gasteiger partial charge in [-0.3, -0.25) is 14.7 Å². The number of aromatic nitrogens is 1. The predicted octanol–water partition coefficient (Wildman–Crippen LogP) is 3.24. The van der Waals surface area contributed by atoms with Gasteiger partial charge >= 0.3 is 0 Å². The van der Waals surface area contributed by atoms with E-state index in [-0.39, 0.29) is 5.91 Å². The van der Waals surface area contributed by atoms with Gasteiger partial charge in [-0.15, -0.1) is 0 Å². The molecule has 3 aromatic rings. The van der Waals surface area contributed by atoms with Crippen LogP contribution in [0.5, 0.6) is 0 Å². The second-order valence-electron chi connectivity index (χ2n) is 6.92. The Hall–Kier alpha value is -3.12. The first-order valence-electron chi connectivity index (χ1n) is 9.56. The fraction of sp³-hybridized carbons (Fsp3) is 0.273. The maximum Gasteiger partial charge on any atom is 0.272 e. The van der Waals surface area contributed by atoms with E-state index in [1.807, 2.05) is 35.2 Å². The van der Waals surface area contributed by atoms with Crippen molar-refractivity contribution < 1.29 is 9.21 Å². The van der Waals surface area contributed by atoms with E-state index in [0.717, 1.165) is 44.2 Å². The molecule has 3 heterocycles. The van der Waals surface area contributed by atoms with Crippen LogP contribution in [-0.2, 0) is 13.1 Å². The maximum absolute atomic E-state index is 12.8. The van der Waals surface area contributed by atoms with Crippen molar-refractivity contribution in [3.63, 3.8) is 0 Å². The van der Waals surface area contributed by atoms with E-state index in [9.17, 15) is 4.79 Å². The number of piperazine rings is 1. The lowest BCUT2D eigenvalue weighted by molar-refractivity contribution is 0.0623. The van der Waals surface area contributed by atoms with Crippen molar-refractivity contribution in [2.45, 2.75) is 13.1 Å². The highest BCUT2D eigenvalue weighted by Gasteiger charge is 2.23. The van der Waals surface area contributed by atoms with Gasteiger partial charge in [0.2, 0.25) is 0 Å². The summed E-state index contributed by atoms with van der Waals surface area (Å²) >= 11 is 0. The van der Waals surface area contributed by atoms with Gasteiger partial charge in [-0.1, -0.05) is 30.3 Å². The van der Waals surface area contributed by atoms with Gasteiger partial charge < -0.3 is 14.6 Å². The summed E-state index contributed by atoms with van der Waals surface area (Å²) in [6.07, 6.45) is 3.32. The molecule has 1 fully saturated rings. The van der Waals surface area contributed by atoms with Crippen molar-refractivity contribution >= 4 is 11.6 Å². The second kappa shape index (κ2) is 8.71. The number of nitrogens with one attached hydrogen (secondary N) is 1.